The van der Waals surface area contributed by atoms with Crippen LogP contribution in [0.5, 0.6) is 11.5 Å². The third-order valence-electron chi connectivity index (χ3n) is 3.77. The average molecular weight is 359 g/mol. The standard InChI is InChI=1S/C18H15ClN2O4/c1-25-15-4-2-3-12(16(15)22)9-14-17(23)21(18(24)20-14)10-11-5-7-13(19)8-6-11/h2-9,22H,10H2,1H3,(H,20,24). The highest BCUT2D eigenvalue weighted by atomic mass is 35.5. The van der Waals surface area contributed by atoms with Crippen LogP contribution >= 0.6 is 11.6 Å². The molecule has 6 nitrogen and oxygen atoms in total. The minimum Gasteiger partial charge on any atom is -0.504 e. The van der Waals surface area contributed by atoms with E-state index in [1.165, 1.54) is 13.2 Å². The van der Waals surface area contributed by atoms with Crippen LogP contribution in [0.4, 0.5) is 4.79 Å². The van der Waals surface area contributed by atoms with Crippen LogP contribution in [0.1, 0.15) is 11.1 Å². The molecule has 128 valence electrons. The Labute approximate surface area is 149 Å². The Kier molecular flexibility index (Phi) is 4.63. The first kappa shape index (κ1) is 16.9. The number of carbonyl (C=O) groups excluding carboxylic acids is 2. The quantitative estimate of drug-likeness (QED) is 0.650. The fraction of sp³-hybridized carbons (Fsp3) is 0.111. The Hall–Kier alpha value is -2.99. The molecule has 2 aromatic carbocycles. The molecule has 2 N–H and O–H groups in total. The van der Waals surface area contributed by atoms with Crippen LogP contribution in [0.25, 0.3) is 6.08 Å². The summed E-state index contributed by atoms with van der Waals surface area (Å²) in [7, 11) is 1.43. The summed E-state index contributed by atoms with van der Waals surface area (Å²) in [5, 5.41) is 13.2. The molecule has 0 unspecified atom stereocenters. The molecular formula is C18H15ClN2O4. The summed E-state index contributed by atoms with van der Waals surface area (Å²) in [6.07, 6.45) is 1.42. The fourth-order valence-corrected chi connectivity index (χ4v) is 2.59. The van der Waals surface area contributed by atoms with Gasteiger partial charge in [-0.1, -0.05) is 35.9 Å². The third kappa shape index (κ3) is 3.44. The van der Waals surface area contributed by atoms with E-state index in [9.17, 15) is 14.7 Å². The van der Waals surface area contributed by atoms with Gasteiger partial charge in [0.05, 0.1) is 13.7 Å². The first-order valence-corrected chi connectivity index (χ1v) is 7.82. The predicted molar refractivity (Wildman–Crippen MR) is 93.2 cm³/mol. The van der Waals surface area contributed by atoms with E-state index in [1.54, 1.807) is 42.5 Å². The average Bonchev–Trinajstić information content (AvgIpc) is 2.86. The molecule has 1 aliphatic rings. The zero-order valence-electron chi connectivity index (χ0n) is 13.3. The van der Waals surface area contributed by atoms with Gasteiger partial charge < -0.3 is 15.2 Å². The van der Waals surface area contributed by atoms with E-state index in [0.29, 0.717) is 10.6 Å². The van der Waals surface area contributed by atoms with Crippen molar-refractivity contribution in [1.29, 1.82) is 0 Å². The van der Waals surface area contributed by atoms with Crippen molar-refractivity contribution in [2.75, 3.05) is 7.11 Å². The van der Waals surface area contributed by atoms with Crippen LogP contribution in [-0.4, -0.2) is 29.1 Å². The van der Waals surface area contributed by atoms with Gasteiger partial charge in [-0.05, 0) is 29.8 Å². The lowest BCUT2D eigenvalue weighted by Crippen LogP contribution is -2.30. The second kappa shape index (κ2) is 6.86. The number of urea groups is 1. The number of hydrogen-bond acceptors (Lipinski definition) is 4. The van der Waals surface area contributed by atoms with Crippen LogP contribution in [0, 0.1) is 0 Å². The van der Waals surface area contributed by atoms with Crippen molar-refractivity contribution in [3.8, 4) is 11.5 Å². The zero-order valence-corrected chi connectivity index (χ0v) is 14.1. The lowest BCUT2D eigenvalue weighted by Gasteiger charge is -2.11. The number of imide groups is 1. The van der Waals surface area contributed by atoms with Crippen LogP contribution in [-0.2, 0) is 11.3 Å². The second-order valence-electron chi connectivity index (χ2n) is 5.40. The molecule has 7 heteroatoms. The molecule has 1 heterocycles. The SMILES string of the molecule is COc1cccc(C=C2NC(=O)N(Cc3ccc(Cl)cc3)C2=O)c1O. The maximum absolute atomic E-state index is 12.5. The van der Waals surface area contributed by atoms with Crippen molar-refractivity contribution in [2.45, 2.75) is 6.54 Å². The summed E-state index contributed by atoms with van der Waals surface area (Å²) in [6, 6.07) is 11.3. The summed E-state index contributed by atoms with van der Waals surface area (Å²) in [5.41, 5.74) is 1.23. The molecule has 0 saturated carbocycles. The van der Waals surface area contributed by atoms with E-state index in [1.807, 2.05) is 0 Å². The summed E-state index contributed by atoms with van der Waals surface area (Å²) >= 11 is 5.84. The molecule has 0 spiro atoms. The number of amides is 3. The summed E-state index contributed by atoms with van der Waals surface area (Å²) in [5.74, 6) is -0.290. The highest BCUT2D eigenvalue weighted by Gasteiger charge is 2.33. The normalized spacial score (nSPS) is 15.6. The molecule has 25 heavy (non-hydrogen) atoms. The van der Waals surface area contributed by atoms with E-state index in [-0.39, 0.29) is 23.7 Å². The van der Waals surface area contributed by atoms with Crippen molar-refractivity contribution >= 4 is 29.6 Å². The van der Waals surface area contributed by atoms with Crippen LogP contribution in [0.2, 0.25) is 5.02 Å². The van der Waals surface area contributed by atoms with Crippen LogP contribution in [0.15, 0.2) is 48.2 Å². The number of aromatic hydroxyl groups is 1. The molecule has 0 atom stereocenters. The Morgan fingerprint density at radius 1 is 1.20 bits per heavy atom. The van der Waals surface area contributed by atoms with E-state index >= 15 is 0 Å². The van der Waals surface area contributed by atoms with Gasteiger partial charge in [-0.25, -0.2) is 4.79 Å². The molecule has 3 rings (SSSR count). The highest BCUT2D eigenvalue weighted by molar-refractivity contribution is 6.30. The number of carbonyl (C=O) groups is 2. The van der Waals surface area contributed by atoms with Gasteiger partial charge in [0.1, 0.15) is 5.70 Å². The van der Waals surface area contributed by atoms with Crippen molar-refractivity contribution in [3.63, 3.8) is 0 Å². The van der Waals surface area contributed by atoms with Crippen molar-refractivity contribution in [2.24, 2.45) is 0 Å². The van der Waals surface area contributed by atoms with Gasteiger partial charge in [0.15, 0.2) is 11.5 Å². The van der Waals surface area contributed by atoms with Crippen molar-refractivity contribution < 1.29 is 19.4 Å². The molecule has 0 radical (unpaired) electrons. The van der Waals surface area contributed by atoms with Gasteiger partial charge >= 0.3 is 6.03 Å². The van der Waals surface area contributed by atoms with Crippen molar-refractivity contribution in [1.82, 2.24) is 10.2 Å². The maximum atomic E-state index is 12.5. The van der Waals surface area contributed by atoms with Gasteiger partial charge in [0, 0.05) is 10.6 Å². The summed E-state index contributed by atoms with van der Waals surface area (Å²) < 4.78 is 5.04. The number of nitrogens with zero attached hydrogens (tertiary/aromatic N) is 1. The number of phenolic OH excluding ortho intramolecular Hbond substituents is 1. The Morgan fingerprint density at radius 3 is 2.60 bits per heavy atom. The zero-order chi connectivity index (χ0) is 18.0. The number of nitrogens with one attached hydrogen (secondary N) is 1. The topological polar surface area (TPSA) is 78.9 Å². The maximum Gasteiger partial charge on any atom is 0.329 e. The smallest absolute Gasteiger partial charge is 0.329 e. The Morgan fingerprint density at radius 2 is 1.92 bits per heavy atom. The summed E-state index contributed by atoms with van der Waals surface area (Å²) in [6.45, 7) is 0.128. The molecule has 0 aliphatic carbocycles. The van der Waals surface area contributed by atoms with Crippen LogP contribution < -0.4 is 10.1 Å². The van der Waals surface area contributed by atoms with E-state index in [0.717, 1.165) is 10.5 Å². The second-order valence-corrected chi connectivity index (χ2v) is 5.84. The monoisotopic (exact) mass is 358 g/mol. The van der Waals surface area contributed by atoms with Gasteiger partial charge in [-0.15, -0.1) is 0 Å². The first-order valence-electron chi connectivity index (χ1n) is 7.44. The minimum absolute atomic E-state index is 0.0857. The molecule has 1 fully saturated rings. The number of phenols is 1. The number of para-hydroxylation sites is 1. The van der Waals surface area contributed by atoms with E-state index < -0.39 is 11.9 Å². The first-order chi connectivity index (χ1) is 12.0. The number of benzene rings is 2. The molecule has 0 aromatic heterocycles. The lowest BCUT2D eigenvalue weighted by molar-refractivity contribution is -0.123. The lowest BCUT2D eigenvalue weighted by atomic mass is 10.1. The summed E-state index contributed by atoms with van der Waals surface area (Å²) in [4.78, 5) is 25.7. The highest BCUT2D eigenvalue weighted by Crippen LogP contribution is 2.31. The fourth-order valence-electron chi connectivity index (χ4n) is 2.46. The number of rotatable bonds is 4. The number of ether oxygens (including phenoxy) is 1. The van der Waals surface area contributed by atoms with Gasteiger partial charge in [0.25, 0.3) is 5.91 Å². The number of methoxy groups -OCH3 is 1. The molecule has 2 aromatic rings. The van der Waals surface area contributed by atoms with Crippen LogP contribution in [0.3, 0.4) is 0 Å². The Bertz CT molecular complexity index is 862. The van der Waals surface area contributed by atoms with E-state index in [2.05, 4.69) is 5.32 Å². The minimum atomic E-state index is -0.520. The largest absolute Gasteiger partial charge is 0.504 e. The number of hydrogen-bond donors (Lipinski definition) is 2. The predicted octanol–water partition coefficient (Wildman–Crippen LogP) is 3.15. The molecule has 3 amide bonds. The van der Waals surface area contributed by atoms with E-state index in [4.69, 9.17) is 16.3 Å². The number of halogens is 1. The molecule has 1 saturated heterocycles. The van der Waals surface area contributed by atoms with Gasteiger partial charge in [-0.3, -0.25) is 9.69 Å². The van der Waals surface area contributed by atoms with Crippen molar-refractivity contribution in [3.05, 3.63) is 64.3 Å². The van der Waals surface area contributed by atoms with Gasteiger partial charge in [0.2, 0.25) is 0 Å². The van der Waals surface area contributed by atoms with Gasteiger partial charge in [-0.2, -0.15) is 0 Å². The molecule has 0 bridgehead atoms. The Balaban J connectivity index is 1.84. The molecular weight excluding hydrogens is 344 g/mol. The third-order valence-corrected chi connectivity index (χ3v) is 4.02. The molecule has 1 aliphatic heterocycles.